The summed E-state index contributed by atoms with van der Waals surface area (Å²) in [6.45, 7) is 15.2. The van der Waals surface area contributed by atoms with Gasteiger partial charge in [0.25, 0.3) is 0 Å². The molecule has 1 saturated heterocycles. The normalized spacial score (nSPS) is 14.2. The Balaban J connectivity index is 0.00000225. The molecule has 25 heavy (non-hydrogen) atoms. The molecule has 0 aromatic heterocycles. The molecule has 3 heteroatoms. The zero-order valence-electron chi connectivity index (χ0n) is 16.4. The minimum atomic E-state index is 0. The van der Waals surface area contributed by atoms with Gasteiger partial charge in [-0.1, -0.05) is 0 Å². The van der Waals surface area contributed by atoms with Crippen molar-refractivity contribution in [2.45, 2.75) is 41.5 Å². The van der Waals surface area contributed by atoms with E-state index in [0.29, 0.717) is 0 Å². The van der Waals surface area contributed by atoms with E-state index in [1.165, 1.54) is 49.0 Å². The number of aryl methyl sites for hydroxylation is 6. The van der Waals surface area contributed by atoms with Crippen molar-refractivity contribution in [2.75, 3.05) is 22.9 Å². The molecule has 0 amide bonds. The van der Waals surface area contributed by atoms with Crippen molar-refractivity contribution in [3.63, 3.8) is 0 Å². The number of hydrogen-bond donors (Lipinski definition) is 0. The van der Waals surface area contributed by atoms with Crippen LogP contribution in [0.5, 0.6) is 0 Å². The molecule has 0 unspecified atom stereocenters. The van der Waals surface area contributed by atoms with Crippen LogP contribution in [0.2, 0.25) is 0 Å². The Bertz CT molecular complexity index is 709. The van der Waals surface area contributed by atoms with E-state index in [1.807, 2.05) is 0 Å². The Kier molecular flexibility index (Phi) is 5.92. The Morgan fingerprint density at radius 3 is 1.20 bits per heavy atom. The molecule has 0 spiro atoms. The first-order chi connectivity index (χ1) is 11.3. The van der Waals surface area contributed by atoms with Gasteiger partial charge >= 0.3 is 156 Å². The number of rotatable bonds is 2. The van der Waals surface area contributed by atoms with Gasteiger partial charge in [-0.2, -0.15) is 0 Å². The zero-order valence-corrected chi connectivity index (χ0v) is 18.0. The van der Waals surface area contributed by atoms with Crippen LogP contribution in [0.25, 0.3) is 0 Å². The van der Waals surface area contributed by atoms with E-state index < -0.39 is 0 Å². The van der Waals surface area contributed by atoms with Gasteiger partial charge in [-0.3, -0.25) is 0 Å². The third-order valence-corrected chi connectivity index (χ3v) is 5.61. The smallest absolute Gasteiger partial charge is 0.358 e. The molecule has 0 bridgehead atoms. The van der Waals surface area contributed by atoms with Crippen LogP contribution in [0, 0.1) is 49.0 Å². The summed E-state index contributed by atoms with van der Waals surface area (Å²) in [5.74, 6) is 0. The summed E-state index contributed by atoms with van der Waals surface area (Å²) in [6.07, 6.45) is 0. The minimum absolute atomic E-state index is 0. The molecule has 2 aromatic carbocycles. The van der Waals surface area contributed by atoms with E-state index in [9.17, 15) is 0 Å². The van der Waals surface area contributed by atoms with Gasteiger partial charge in [0.05, 0.1) is 0 Å². The Morgan fingerprint density at radius 1 is 0.640 bits per heavy atom. The third kappa shape index (κ3) is 3.59. The van der Waals surface area contributed by atoms with Crippen molar-refractivity contribution in [2.24, 2.45) is 0 Å². The van der Waals surface area contributed by atoms with Crippen LogP contribution < -0.4 is 9.80 Å². The standard InChI is InChI=1S/C21H26N2.CH3.Pd/c1-14-9-16(3)20(17(4)10-14)22-7-8-23(13-22)21-18(5)11-15(2)12-19(21)6;;/h9-12H,7-8H2,1-6H3;1H3;/q;-1;. The van der Waals surface area contributed by atoms with Crippen LogP contribution >= 0.6 is 0 Å². The molecule has 0 saturated carbocycles. The average Bonchev–Trinajstić information content (AvgIpc) is 2.79. The first-order valence-electron chi connectivity index (χ1n) is 8.49. The van der Waals surface area contributed by atoms with E-state index in [4.69, 9.17) is 0 Å². The summed E-state index contributed by atoms with van der Waals surface area (Å²) < 4.78 is 1.18. The van der Waals surface area contributed by atoms with Gasteiger partial charge in [0.2, 0.25) is 0 Å². The SMILES string of the molecule is Cc1cc(C)c(N2CCN(c3c(C)cc(C)cc3C)[C]2=[Pd])c(C)c1.[CH3-]. The largest absolute Gasteiger partial charge is 0.358 e. The van der Waals surface area contributed by atoms with E-state index in [2.05, 4.69) is 94.4 Å². The fourth-order valence-electron chi connectivity index (χ4n) is 4.11. The maximum absolute atomic E-state index is 3.56. The van der Waals surface area contributed by atoms with Gasteiger partial charge in [-0.25, -0.2) is 0 Å². The molecule has 0 atom stereocenters. The molecule has 1 aliphatic rings. The first kappa shape index (κ1) is 19.9. The maximum Gasteiger partial charge on any atom is -0.358 e. The number of benzene rings is 2. The van der Waals surface area contributed by atoms with Crippen molar-refractivity contribution >= 4 is 15.6 Å². The molecule has 0 radical (unpaired) electrons. The van der Waals surface area contributed by atoms with Gasteiger partial charge in [0, 0.05) is 0 Å². The molecule has 2 aromatic rings. The van der Waals surface area contributed by atoms with Crippen molar-refractivity contribution in [3.8, 4) is 0 Å². The van der Waals surface area contributed by atoms with Gasteiger partial charge < -0.3 is 7.43 Å². The van der Waals surface area contributed by atoms with Crippen molar-refractivity contribution in [3.05, 3.63) is 65.1 Å². The average molecular weight is 428 g/mol. The first-order valence-corrected chi connectivity index (χ1v) is 9.27. The number of hydrogen-bond acceptors (Lipinski definition) is 2. The molecule has 3 rings (SSSR count). The van der Waals surface area contributed by atoms with Crippen LogP contribution in [0.3, 0.4) is 0 Å². The second kappa shape index (κ2) is 7.44. The van der Waals surface area contributed by atoms with E-state index in [0.717, 1.165) is 13.1 Å². The molecule has 0 aliphatic carbocycles. The zero-order chi connectivity index (χ0) is 17.6. The molecular formula is C22H29N2Pd-. The van der Waals surface area contributed by atoms with Crippen LogP contribution in [0.1, 0.15) is 33.4 Å². The third-order valence-electron chi connectivity index (χ3n) is 4.77. The second-order valence-corrected chi connectivity index (χ2v) is 7.73. The van der Waals surface area contributed by atoms with Crippen molar-refractivity contribution < 1.29 is 18.7 Å². The second-order valence-electron chi connectivity index (χ2n) is 7.04. The van der Waals surface area contributed by atoms with Crippen LogP contribution in [-0.2, 0) is 18.7 Å². The number of anilines is 2. The predicted molar refractivity (Wildman–Crippen MR) is 107 cm³/mol. The fourth-order valence-corrected chi connectivity index (χ4v) is 4.80. The van der Waals surface area contributed by atoms with Crippen molar-refractivity contribution in [1.29, 1.82) is 0 Å². The summed E-state index contributed by atoms with van der Waals surface area (Å²) in [6, 6.07) is 9.10. The van der Waals surface area contributed by atoms with Gasteiger partial charge in [0.1, 0.15) is 0 Å². The summed E-state index contributed by atoms with van der Waals surface area (Å²) in [4.78, 5) is 4.84. The van der Waals surface area contributed by atoms with Gasteiger partial charge in [0.15, 0.2) is 0 Å². The summed E-state index contributed by atoms with van der Waals surface area (Å²) in [7, 11) is 0. The van der Waals surface area contributed by atoms with Gasteiger partial charge in [-0.15, -0.1) is 0 Å². The van der Waals surface area contributed by atoms with Gasteiger partial charge in [-0.05, 0) is 0 Å². The molecule has 1 aliphatic heterocycles. The summed E-state index contributed by atoms with van der Waals surface area (Å²) in [5, 5.41) is 0. The Hall–Kier alpha value is -1.43. The number of nitrogens with zero attached hydrogens (tertiary/aromatic N) is 2. The summed E-state index contributed by atoms with van der Waals surface area (Å²) in [5.41, 5.74) is 10.7. The molecule has 1 fully saturated rings. The fraction of sp³-hybridized carbons (Fsp3) is 0.364. The quantitative estimate of drug-likeness (QED) is 0.494. The monoisotopic (exact) mass is 427 g/mol. The molecule has 0 N–H and O–H groups in total. The summed E-state index contributed by atoms with van der Waals surface area (Å²) >= 11 is 3.56. The molecule has 138 valence electrons. The minimum Gasteiger partial charge on any atom is -0.358 e. The predicted octanol–water partition coefficient (Wildman–Crippen LogP) is 4.95. The van der Waals surface area contributed by atoms with Crippen LogP contribution in [0.15, 0.2) is 24.3 Å². The van der Waals surface area contributed by atoms with Crippen molar-refractivity contribution in [1.82, 2.24) is 0 Å². The molecular weight excluding hydrogens is 399 g/mol. The van der Waals surface area contributed by atoms with E-state index >= 15 is 0 Å². The van der Waals surface area contributed by atoms with E-state index in [1.54, 1.807) is 0 Å². The molecule has 1 heterocycles. The topological polar surface area (TPSA) is 6.48 Å². The van der Waals surface area contributed by atoms with E-state index in [-0.39, 0.29) is 7.43 Å². The van der Waals surface area contributed by atoms with Crippen LogP contribution in [0.4, 0.5) is 11.4 Å². The maximum atomic E-state index is 3.56. The van der Waals surface area contributed by atoms with Crippen LogP contribution in [-0.4, -0.2) is 17.3 Å². The Labute approximate surface area is 163 Å². The Morgan fingerprint density at radius 2 is 0.920 bits per heavy atom. The molecule has 2 nitrogen and oxygen atoms in total.